The molecule has 162 valence electrons. The maximum atomic E-state index is 12.4. The molecule has 2 fully saturated rings. The van der Waals surface area contributed by atoms with Crippen molar-refractivity contribution in [3.63, 3.8) is 0 Å². The molecule has 11 heteroatoms. The summed E-state index contributed by atoms with van der Waals surface area (Å²) in [5.74, 6) is -0.853. The van der Waals surface area contributed by atoms with Crippen LogP contribution in [0.1, 0.15) is 15.9 Å². The van der Waals surface area contributed by atoms with Gasteiger partial charge in [-0.2, -0.15) is 0 Å². The lowest BCUT2D eigenvalue weighted by Crippen LogP contribution is -2.60. The number of hydrogen-bond donors (Lipinski definition) is 3. The molecule has 2 saturated heterocycles. The molecule has 0 saturated carbocycles. The van der Waals surface area contributed by atoms with Crippen LogP contribution in [0.25, 0.3) is 0 Å². The molecule has 1 amide bonds. The molecular weight excluding hydrogens is 393 g/mol. The molecule has 4 rings (SSSR count). The summed E-state index contributed by atoms with van der Waals surface area (Å²) < 4.78 is 16.5. The van der Waals surface area contributed by atoms with Gasteiger partial charge in [-0.3, -0.25) is 9.69 Å². The number of aromatic carboxylic acids is 1. The van der Waals surface area contributed by atoms with Crippen LogP contribution in [0.2, 0.25) is 6.32 Å². The number of amides is 1. The Bertz CT molecular complexity index is 812. The zero-order chi connectivity index (χ0) is 21.3. The highest BCUT2D eigenvalue weighted by Gasteiger charge is 2.35. The van der Waals surface area contributed by atoms with Crippen LogP contribution in [-0.4, -0.2) is 97.0 Å². The van der Waals surface area contributed by atoms with Crippen molar-refractivity contribution >= 4 is 19.0 Å². The van der Waals surface area contributed by atoms with Crippen molar-refractivity contribution in [2.75, 3.05) is 45.9 Å². The Morgan fingerprint density at radius 1 is 1.30 bits per heavy atom. The van der Waals surface area contributed by atoms with Crippen molar-refractivity contribution in [2.45, 2.75) is 24.9 Å². The Labute approximate surface area is 174 Å². The minimum absolute atomic E-state index is 0.0658. The quantitative estimate of drug-likeness (QED) is 0.499. The Kier molecular flexibility index (Phi) is 6.14. The normalized spacial score (nSPS) is 20.7. The van der Waals surface area contributed by atoms with Crippen LogP contribution in [-0.2, 0) is 16.0 Å². The molecule has 0 bridgehead atoms. The molecule has 1 aromatic carbocycles. The van der Waals surface area contributed by atoms with E-state index in [0.29, 0.717) is 58.7 Å². The number of carboxylic acids is 1. The summed E-state index contributed by atoms with van der Waals surface area (Å²) in [5.41, 5.74) is 6.75. The highest BCUT2D eigenvalue weighted by molar-refractivity contribution is 6.44. The average molecular weight is 419 g/mol. The number of ether oxygens (including phenoxy) is 2. The molecule has 0 aromatic heterocycles. The summed E-state index contributed by atoms with van der Waals surface area (Å²) in [6, 6.07) is 2.80. The Balaban J connectivity index is 1.33. The van der Waals surface area contributed by atoms with Crippen molar-refractivity contribution in [3.8, 4) is 11.5 Å². The lowest BCUT2D eigenvalue weighted by molar-refractivity contribution is -0.137. The number of rotatable bonds is 6. The van der Waals surface area contributed by atoms with Gasteiger partial charge in [0.15, 0.2) is 0 Å². The van der Waals surface area contributed by atoms with Crippen LogP contribution in [0.15, 0.2) is 12.1 Å². The van der Waals surface area contributed by atoms with Crippen molar-refractivity contribution in [2.24, 2.45) is 5.73 Å². The fraction of sp³-hybridized carbons (Fsp3) is 0.579. The minimum Gasteiger partial charge on any atom is -0.535 e. The molecule has 1 atom stereocenters. The van der Waals surface area contributed by atoms with Gasteiger partial charge in [0.05, 0.1) is 19.3 Å². The van der Waals surface area contributed by atoms with E-state index >= 15 is 0 Å². The molecule has 10 nitrogen and oxygen atoms in total. The lowest BCUT2D eigenvalue weighted by Gasteiger charge is -2.41. The third-order valence-electron chi connectivity index (χ3n) is 5.64. The average Bonchev–Trinajstić information content (AvgIpc) is 2.71. The number of likely N-dealkylation sites (tertiary alicyclic amines) is 1. The fourth-order valence-electron chi connectivity index (χ4n) is 4.01. The van der Waals surface area contributed by atoms with Gasteiger partial charge in [0.2, 0.25) is 5.91 Å². The third-order valence-corrected chi connectivity index (χ3v) is 5.64. The molecule has 1 unspecified atom stereocenters. The second-order valence-corrected chi connectivity index (χ2v) is 7.85. The summed E-state index contributed by atoms with van der Waals surface area (Å²) in [5, 5.41) is 19.4. The molecule has 3 heterocycles. The maximum absolute atomic E-state index is 12.4. The Morgan fingerprint density at radius 3 is 2.73 bits per heavy atom. The second kappa shape index (κ2) is 8.80. The van der Waals surface area contributed by atoms with Crippen molar-refractivity contribution in [1.82, 2.24) is 9.80 Å². The summed E-state index contributed by atoms with van der Waals surface area (Å²) in [7, 11) is -1.02. The van der Waals surface area contributed by atoms with E-state index in [2.05, 4.69) is 0 Å². The Morgan fingerprint density at radius 2 is 2.03 bits per heavy atom. The first-order valence-electron chi connectivity index (χ1n) is 10.2. The van der Waals surface area contributed by atoms with E-state index in [1.807, 2.05) is 4.90 Å². The highest BCUT2D eigenvalue weighted by Crippen LogP contribution is 2.37. The second-order valence-electron chi connectivity index (χ2n) is 7.85. The van der Waals surface area contributed by atoms with Gasteiger partial charge in [0.1, 0.15) is 23.2 Å². The standard InChI is InChI=1S/C19H26BN3O7/c21-14(18(24)23-5-7-28-8-6-23)11-22-9-13(10-22)29-15-2-1-12-3-4-20(27)30-17(12)16(15)19(25)26/h1-2,13-14,27H,3-11,21H2,(H,25,26). The molecule has 3 aliphatic rings. The molecule has 0 spiro atoms. The molecular formula is C19H26BN3O7. The zero-order valence-corrected chi connectivity index (χ0v) is 16.7. The van der Waals surface area contributed by atoms with Gasteiger partial charge < -0.3 is 34.9 Å². The number of morpholine rings is 1. The van der Waals surface area contributed by atoms with Crippen LogP contribution in [0.5, 0.6) is 11.5 Å². The first kappa shape index (κ1) is 20.9. The van der Waals surface area contributed by atoms with Gasteiger partial charge in [-0.1, -0.05) is 6.07 Å². The number of carbonyl (C=O) groups excluding carboxylic acids is 1. The van der Waals surface area contributed by atoms with E-state index in [1.54, 1.807) is 17.0 Å². The summed E-state index contributed by atoms with van der Waals surface area (Å²) >= 11 is 0. The number of carbonyl (C=O) groups is 2. The minimum atomic E-state index is -1.16. The van der Waals surface area contributed by atoms with Gasteiger partial charge in [-0.05, 0) is 24.4 Å². The number of hydrogen-bond acceptors (Lipinski definition) is 8. The summed E-state index contributed by atoms with van der Waals surface area (Å²) in [6.45, 7) is 3.70. The maximum Gasteiger partial charge on any atom is 0.522 e. The number of fused-ring (bicyclic) bond motifs is 1. The predicted octanol–water partition coefficient (Wildman–Crippen LogP) is -0.951. The van der Waals surface area contributed by atoms with E-state index < -0.39 is 19.1 Å². The van der Waals surface area contributed by atoms with Crippen molar-refractivity contribution in [3.05, 3.63) is 23.3 Å². The third kappa shape index (κ3) is 4.39. The van der Waals surface area contributed by atoms with Crippen molar-refractivity contribution in [1.29, 1.82) is 0 Å². The SMILES string of the molecule is NC(CN1CC(Oc2ccc3c(c2C(=O)O)OB(O)CC3)C1)C(=O)N1CCOCC1. The zero-order valence-electron chi connectivity index (χ0n) is 16.7. The molecule has 0 radical (unpaired) electrons. The Hall–Kier alpha value is -2.34. The van der Waals surface area contributed by atoms with Crippen LogP contribution >= 0.6 is 0 Å². The highest BCUT2D eigenvalue weighted by atomic mass is 16.5. The molecule has 1 aromatic rings. The van der Waals surface area contributed by atoms with Crippen LogP contribution < -0.4 is 15.1 Å². The number of nitrogens with two attached hydrogens (primary N) is 1. The lowest BCUT2D eigenvalue weighted by atomic mass is 9.78. The van der Waals surface area contributed by atoms with E-state index in [0.717, 1.165) is 5.56 Å². The van der Waals surface area contributed by atoms with Crippen LogP contribution in [0.3, 0.4) is 0 Å². The topological polar surface area (TPSA) is 135 Å². The number of aryl methyl sites for hydroxylation is 1. The monoisotopic (exact) mass is 419 g/mol. The molecule has 4 N–H and O–H groups in total. The number of carboxylic acid groups (broad SMARTS) is 1. The first-order valence-corrected chi connectivity index (χ1v) is 10.2. The van der Waals surface area contributed by atoms with Gasteiger partial charge in [-0.25, -0.2) is 4.79 Å². The van der Waals surface area contributed by atoms with E-state index in [-0.39, 0.29) is 29.1 Å². The van der Waals surface area contributed by atoms with Gasteiger partial charge in [0.25, 0.3) is 0 Å². The number of benzene rings is 1. The van der Waals surface area contributed by atoms with E-state index in [4.69, 9.17) is 19.9 Å². The fourth-order valence-corrected chi connectivity index (χ4v) is 4.01. The predicted molar refractivity (Wildman–Crippen MR) is 107 cm³/mol. The molecule has 0 aliphatic carbocycles. The van der Waals surface area contributed by atoms with Gasteiger partial charge in [-0.15, -0.1) is 0 Å². The smallest absolute Gasteiger partial charge is 0.522 e. The van der Waals surface area contributed by atoms with E-state index in [1.165, 1.54) is 0 Å². The molecule has 30 heavy (non-hydrogen) atoms. The first-order chi connectivity index (χ1) is 14.4. The van der Waals surface area contributed by atoms with Crippen LogP contribution in [0.4, 0.5) is 0 Å². The summed E-state index contributed by atoms with van der Waals surface area (Å²) in [4.78, 5) is 28.0. The number of nitrogens with zero attached hydrogens (tertiary/aromatic N) is 2. The summed E-state index contributed by atoms with van der Waals surface area (Å²) in [6.07, 6.45) is 0.761. The van der Waals surface area contributed by atoms with Gasteiger partial charge in [0, 0.05) is 32.7 Å². The van der Waals surface area contributed by atoms with E-state index in [9.17, 15) is 19.7 Å². The molecule has 3 aliphatic heterocycles. The van der Waals surface area contributed by atoms with Crippen LogP contribution in [0, 0.1) is 0 Å². The largest absolute Gasteiger partial charge is 0.535 e. The van der Waals surface area contributed by atoms with Crippen molar-refractivity contribution < 1.29 is 33.8 Å². The van der Waals surface area contributed by atoms with Gasteiger partial charge >= 0.3 is 13.1 Å².